The molecule has 1 aromatic heterocycles. The van der Waals surface area contributed by atoms with E-state index in [-0.39, 0.29) is 0 Å². The molecular weight excluding hydrogens is 226 g/mol. The van der Waals surface area contributed by atoms with Crippen LogP contribution in [0.25, 0.3) is 10.8 Å². The average Bonchev–Trinajstić information content (AvgIpc) is 2.42. The molecule has 1 heterocycles. The Balaban J connectivity index is 2.02. The number of nitrogens with zero attached hydrogens (tertiary/aromatic N) is 1. The van der Waals surface area contributed by atoms with Crippen molar-refractivity contribution in [3.8, 4) is 11.5 Å². The van der Waals surface area contributed by atoms with E-state index in [4.69, 9.17) is 9.94 Å². The first-order valence-electron chi connectivity index (χ1n) is 5.69. The Morgan fingerprint density at radius 2 is 1.56 bits per heavy atom. The summed E-state index contributed by atoms with van der Waals surface area (Å²) in [5.41, 5.74) is 0. The van der Waals surface area contributed by atoms with Crippen LogP contribution in [-0.4, -0.2) is 5.21 Å². The van der Waals surface area contributed by atoms with Crippen molar-refractivity contribution in [3.63, 3.8) is 0 Å². The van der Waals surface area contributed by atoms with Crippen LogP contribution in [0.3, 0.4) is 0 Å². The quantitative estimate of drug-likeness (QED) is 0.549. The van der Waals surface area contributed by atoms with Gasteiger partial charge in [0.2, 0.25) is 12.4 Å². The summed E-state index contributed by atoms with van der Waals surface area (Å²) in [6, 6.07) is 17.4. The van der Waals surface area contributed by atoms with Crippen LogP contribution >= 0.6 is 0 Å². The molecule has 1 N–H and O–H groups in total. The molecule has 88 valence electrons. The molecule has 0 radical (unpaired) electrons. The fourth-order valence-corrected chi connectivity index (χ4v) is 1.88. The van der Waals surface area contributed by atoms with Gasteiger partial charge >= 0.3 is 0 Å². The summed E-state index contributed by atoms with van der Waals surface area (Å²) in [5.74, 6) is 1.50. The predicted molar refractivity (Wildman–Crippen MR) is 67.8 cm³/mol. The van der Waals surface area contributed by atoms with Gasteiger partial charge < -0.3 is 4.74 Å². The summed E-state index contributed by atoms with van der Waals surface area (Å²) >= 11 is 0. The van der Waals surface area contributed by atoms with Crippen LogP contribution < -0.4 is 9.47 Å². The third kappa shape index (κ3) is 1.98. The Kier molecular flexibility index (Phi) is 2.57. The molecule has 0 amide bonds. The molecule has 3 rings (SSSR count). The second-order valence-electron chi connectivity index (χ2n) is 3.99. The standard InChI is InChI=1S/C15H12NO2/c17-16-10-8-13(9-11-16)18-15-7-3-5-12-4-1-2-6-14(12)15/h1-11,17H/q+1. The summed E-state index contributed by atoms with van der Waals surface area (Å²) in [7, 11) is 0. The number of ether oxygens (including phenoxy) is 1. The van der Waals surface area contributed by atoms with E-state index >= 15 is 0 Å². The van der Waals surface area contributed by atoms with Gasteiger partial charge in [-0.1, -0.05) is 36.4 Å². The van der Waals surface area contributed by atoms with Crippen LogP contribution in [0.1, 0.15) is 0 Å². The van der Waals surface area contributed by atoms with E-state index < -0.39 is 0 Å². The summed E-state index contributed by atoms with van der Waals surface area (Å²) < 4.78 is 6.80. The molecular formula is C15H12NO2+. The molecule has 3 nitrogen and oxygen atoms in total. The highest BCUT2D eigenvalue weighted by Crippen LogP contribution is 2.29. The smallest absolute Gasteiger partial charge is 0.225 e. The van der Waals surface area contributed by atoms with E-state index in [1.165, 1.54) is 12.4 Å². The second-order valence-corrected chi connectivity index (χ2v) is 3.99. The normalized spacial score (nSPS) is 10.4. The minimum atomic E-state index is 0.691. The lowest BCUT2D eigenvalue weighted by molar-refractivity contribution is -0.904. The third-order valence-electron chi connectivity index (χ3n) is 2.76. The molecule has 0 bridgehead atoms. The van der Waals surface area contributed by atoms with Crippen molar-refractivity contribution < 1.29 is 14.7 Å². The SMILES string of the molecule is O[n+]1ccc(Oc2cccc3ccccc23)cc1. The van der Waals surface area contributed by atoms with Crippen molar-refractivity contribution in [2.24, 2.45) is 0 Å². The molecule has 18 heavy (non-hydrogen) atoms. The largest absolute Gasteiger partial charge is 0.456 e. The lowest BCUT2D eigenvalue weighted by Crippen LogP contribution is -2.27. The predicted octanol–water partition coefficient (Wildman–Crippen LogP) is 3.16. The van der Waals surface area contributed by atoms with Crippen molar-refractivity contribution >= 4 is 10.8 Å². The van der Waals surface area contributed by atoms with Crippen LogP contribution in [0.15, 0.2) is 67.0 Å². The maximum Gasteiger partial charge on any atom is 0.225 e. The van der Waals surface area contributed by atoms with Gasteiger partial charge in [-0.3, -0.25) is 5.21 Å². The first-order chi connectivity index (χ1) is 8.83. The first-order valence-corrected chi connectivity index (χ1v) is 5.69. The van der Waals surface area contributed by atoms with E-state index in [9.17, 15) is 0 Å². The van der Waals surface area contributed by atoms with Crippen LogP contribution in [0, 0.1) is 0 Å². The van der Waals surface area contributed by atoms with Gasteiger partial charge in [-0.05, 0) is 11.5 Å². The fourth-order valence-electron chi connectivity index (χ4n) is 1.88. The molecule has 0 spiro atoms. The minimum absolute atomic E-state index is 0.691. The topological polar surface area (TPSA) is 33.3 Å². The lowest BCUT2D eigenvalue weighted by Gasteiger charge is -2.07. The Bertz CT molecular complexity index is 672. The van der Waals surface area contributed by atoms with E-state index in [1.54, 1.807) is 12.1 Å². The molecule has 0 atom stereocenters. The molecule has 0 unspecified atom stereocenters. The van der Waals surface area contributed by atoms with Gasteiger partial charge in [-0.15, -0.1) is 0 Å². The number of pyridine rings is 1. The summed E-state index contributed by atoms with van der Waals surface area (Å²) in [4.78, 5) is 0. The summed E-state index contributed by atoms with van der Waals surface area (Å²) in [6.45, 7) is 0. The first kappa shape index (κ1) is 10.6. The van der Waals surface area contributed by atoms with Crippen molar-refractivity contribution in [3.05, 3.63) is 67.0 Å². The third-order valence-corrected chi connectivity index (χ3v) is 2.76. The van der Waals surface area contributed by atoms with Gasteiger partial charge in [-0.2, -0.15) is 0 Å². The van der Waals surface area contributed by atoms with Gasteiger partial charge in [0, 0.05) is 22.2 Å². The fraction of sp³-hybridized carbons (Fsp3) is 0. The Morgan fingerprint density at radius 1 is 0.833 bits per heavy atom. The number of rotatable bonds is 2. The molecule has 3 heteroatoms. The lowest BCUT2D eigenvalue weighted by atomic mass is 10.1. The maximum absolute atomic E-state index is 9.16. The van der Waals surface area contributed by atoms with Gasteiger partial charge in [0.1, 0.15) is 11.5 Å². The zero-order valence-electron chi connectivity index (χ0n) is 9.65. The van der Waals surface area contributed by atoms with E-state index in [0.717, 1.165) is 21.3 Å². The maximum atomic E-state index is 9.16. The van der Waals surface area contributed by atoms with Crippen molar-refractivity contribution in [1.29, 1.82) is 0 Å². The number of hydrogen-bond donors (Lipinski definition) is 1. The highest BCUT2D eigenvalue weighted by atomic mass is 16.5. The molecule has 0 aliphatic heterocycles. The van der Waals surface area contributed by atoms with Gasteiger partial charge in [0.25, 0.3) is 0 Å². The van der Waals surface area contributed by atoms with E-state index in [2.05, 4.69) is 12.1 Å². The molecule has 0 aliphatic rings. The van der Waals surface area contributed by atoms with Crippen molar-refractivity contribution in [2.75, 3.05) is 0 Å². The van der Waals surface area contributed by atoms with Crippen LogP contribution in [0.4, 0.5) is 0 Å². The van der Waals surface area contributed by atoms with Gasteiger partial charge in [0.15, 0.2) is 0 Å². The van der Waals surface area contributed by atoms with E-state index in [0.29, 0.717) is 5.75 Å². The Labute approximate surface area is 104 Å². The van der Waals surface area contributed by atoms with Crippen LogP contribution in [0.2, 0.25) is 0 Å². The molecule has 2 aromatic carbocycles. The molecule has 0 saturated heterocycles. The Hall–Kier alpha value is -2.55. The highest BCUT2D eigenvalue weighted by Gasteiger charge is 2.04. The number of hydrogen-bond acceptors (Lipinski definition) is 2. The highest BCUT2D eigenvalue weighted by molar-refractivity contribution is 5.88. The van der Waals surface area contributed by atoms with E-state index in [1.807, 2.05) is 30.3 Å². The number of fused-ring (bicyclic) bond motifs is 1. The monoisotopic (exact) mass is 238 g/mol. The molecule has 0 fully saturated rings. The molecule has 0 aliphatic carbocycles. The zero-order valence-corrected chi connectivity index (χ0v) is 9.65. The van der Waals surface area contributed by atoms with Crippen LogP contribution in [0.5, 0.6) is 11.5 Å². The van der Waals surface area contributed by atoms with Crippen molar-refractivity contribution in [1.82, 2.24) is 0 Å². The molecule has 3 aromatic rings. The Morgan fingerprint density at radius 3 is 2.39 bits per heavy atom. The average molecular weight is 238 g/mol. The minimum Gasteiger partial charge on any atom is -0.456 e. The number of aromatic nitrogens is 1. The zero-order chi connectivity index (χ0) is 12.4. The van der Waals surface area contributed by atoms with Crippen LogP contribution in [-0.2, 0) is 0 Å². The summed E-state index contributed by atoms with van der Waals surface area (Å²) in [6.07, 6.45) is 3.06. The second kappa shape index (κ2) is 4.37. The van der Waals surface area contributed by atoms with Gasteiger partial charge in [0.05, 0.1) is 0 Å². The summed E-state index contributed by atoms with van der Waals surface area (Å²) in [5, 5.41) is 11.4. The molecule has 0 saturated carbocycles. The van der Waals surface area contributed by atoms with Gasteiger partial charge in [-0.25, -0.2) is 0 Å². The number of benzene rings is 2. The van der Waals surface area contributed by atoms with Crippen molar-refractivity contribution in [2.45, 2.75) is 0 Å².